The van der Waals surface area contributed by atoms with Crippen molar-refractivity contribution in [2.24, 2.45) is 0 Å². The number of fused-ring (bicyclic) bond motifs is 1. The third kappa shape index (κ3) is 3.26. The predicted octanol–water partition coefficient (Wildman–Crippen LogP) is 3.20. The van der Waals surface area contributed by atoms with Gasteiger partial charge in [-0.2, -0.15) is 5.10 Å². The fourth-order valence-corrected chi connectivity index (χ4v) is 4.42. The number of carbonyl (C=O) groups is 1. The minimum Gasteiger partial charge on any atom is -0.497 e. The number of nitrogens with zero attached hydrogens (tertiary/aromatic N) is 2. The summed E-state index contributed by atoms with van der Waals surface area (Å²) < 4.78 is 18.9. The van der Waals surface area contributed by atoms with E-state index >= 15 is 0 Å². The van der Waals surface area contributed by atoms with Crippen LogP contribution in [0.3, 0.4) is 0 Å². The van der Waals surface area contributed by atoms with E-state index in [2.05, 4.69) is 10.4 Å². The smallest absolute Gasteiger partial charge is 0.256 e. The molecule has 27 heavy (non-hydrogen) atoms. The van der Waals surface area contributed by atoms with E-state index in [9.17, 15) is 9.00 Å². The van der Waals surface area contributed by atoms with Gasteiger partial charge < -0.3 is 10.1 Å². The molecule has 6 nitrogen and oxygen atoms in total. The molecule has 0 bridgehead atoms. The second kappa shape index (κ2) is 7.00. The van der Waals surface area contributed by atoms with Crippen molar-refractivity contribution in [3.8, 4) is 11.4 Å². The average Bonchev–Trinajstić information content (AvgIpc) is 3.19. The highest BCUT2D eigenvalue weighted by Crippen LogP contribution is 2.32. The van der Waals surface area contributed by atoms with Crippen molar-refractivity contribution in [3.05, 3.63) is 70.9 Å². The zero-order valence-electron chi connectivity index (χ0n) is 15.1. The summed E-state index contributed by atoms with van der Waals surface area (Å²) in [6.45, 7) is 2.00. The first kappa shape index (κ1) is 17.5. The van der Waals surface area contributed by atoms with Gasteiger partial charge in [0.2, 0.25) is 0 Å². The van der Waals surface area contributed by atoms with E-state index in [0.717, 1.165) is 22.5 Å². The van der Waals surface area contributed by atoms with E-state index in [-0.39, 0.29) is 5.91 Å². The standard InChI is InChI=1S/C20H19N3O3S/c1-13-5-3-4-6-18(13)23-19(16-11-27(25)12-17(16)22-23)21-20(24)14-7-9-15(26-2)10-8-14/h3-10H,11-12H2,1-2H3,(H,21,24). The maximum absolute atomic E-state index is 12.8. The van der Waals surface area contributed by atoms with Crippen molar-refractivity contribution < 1.29 is 13.7 Å². The summed E-state index contributed by atoms with van der Waals surface area (Å²) in [5.74, 6) is 1.85. The van der Waals surface area contributed by atoms with Crippen LogP contribution in [-0.2, 0) is 22.3 Å². The molecule has 1 aromatic heterocycles. The highest BCUT2D eigenvalue weighted by molar-refractivity contribution is 7.83. The molecule has 1 atom stereocenters. The molecule has 138 valence electrons. The molecule has 2 heterocycles. The Balaban J connectivity index is 1.73. The number of methoxy groups -OCH3 is 1. The van der Waals surface area contributed by atoms with Crippen molar-refractivity contribution in [1.29, 1.82) is 0 Å². The van der Waals surface area contributed by atoms with Crippen LogP contribution in [0.4, 0.5) is 5.82 Å². The third-order valence-electron chi connectivity index (χ3n) is 4.60. The summed E-state index contributed by atoms with van der Waals surface area (Å²) in [4.78, 5) is 12.8. The minimum atomic E-state index is -0.976. The van der Waals surface area contributed by atoms with Crippen LogP contribution in [0.5, 0.6) is 5.75 Å². The Kier molecular flexibility index (Phi) is 4.53. The molecule has 1 aliphatic heterocycles. The lowest BCUT2D eigenvalue weighted by Gasteiger charge is -2.13. The number of ether oxygens (including phenoxy) is 1. The molecular weight excluding hydrogens is 362 g/mol. The largest absolute Gasteiger partial charge is 0.497 e. The summed E-state index contributed by atoms with van der Waals surface area (Å²) >= 11 is 0. The van der Waals surface area contributed by atoms with Gasteiger partial charge in [-0.3, -0.25) is 9.00 Å². The van der Waals surface area contributed by atoms with Crippen LogP contribution in [0.25, 0.3) is 5.69 Å². The molecule has 0 spiro atoms. The summed E-state index contributed by atoms with van der Waals surface area (Å²) in [5.41, 5.74) is 4.07. The number of amides is 1. The fourth-order valence-electron chi connectivity index (χ4n) is 3.15. The molecule has 3 aromatic rings. The SMILES string of the molecule is COc1ccc(C(=O)Nc2c3c(nn2-c2ccccc2C)CS(=O)C3)cc1. The molecular formula is C20H19N3O3S. The molecule has 0 radical (unpaired) electrons. The molecule has 2 aromatic carbocycles. The van der Waals surface area contributed by atoms with Gasteiger partial charge in [0.1, 0.15) is 11.6 Å². The van der Waals surface area contributed by atoms with Gasteiger partial charge in [-0.1, -0.05) is 18.2 Å². The van der Waals surface area contributed by atoms with Crippen molar-refractivity contribution in [3.63, 3.8) is 0 Å². The van der Waals surface area contributed by atoms with Gasteiger partial charge in [0.15, 0.2) is 0 Å². The topological polar surface area (TPSA) is 73.2 Å². The number of carbonyl (C=O) groups excluding carboxylic acids is 1. The zero-order chi connectivity index (χ0) is 19.0. The van der Waals surface area contributed by atoms with Gasteiger partial charge in [-0.25, -0.2) is 4.68 Å². The lowest BCUT2D eigenvalue weighted by molar-refractivity contribution is 0.102. The molecule has 4 rings (SSSR count). The Bertz CT molecular complexity index is 1040. The molecule has 0 fully saturated rings. The number of aromatic nitrogens is 2. The first-order valence-corrected chi connectivity index (χ1v) is 10.0. The van der Waals surface area contributed by atoms with Crippen LogP contribution in [0.2, 0.25) is 0 Å². The van der Waals surface area contributed by atoms with E-state index in [4.69, 9.17) is 4.74 Å². The lowest BCUT2D eigenvalue weighted by Crippen LogP contribution is -2.17. The number of hydrogen-bond acceptors (Lipinski definition) is 4. The number of benzene rings is 2. The Morgan fingerprint density at radius 2 is 1.89 bits per heavy atom. The third-order valence-corrected chi connectivity index (χ3v) is 5.80. The van der Waals surface area contributed by atoms with Crippen LogP contribution in [0, 0.1) is 6.92 Å². The molecule has 7 heteroatoms. The normalized spacial score (nSPS) is 15.4. The average molecular weight is 381 g/mol. The van der Waals surface area contributed by atoms with Gasteiger partial charge in [-0.05, 0) is 42.8 Å². The van der Waals surface area contributed by atoms with Gasteiger partial charge in [0.05, 0.1) is 30.0 Å². The predicted molar refractivity (Wildman–Crippen MR) is 105 cm³/mol. The number of para-hydroxylation sites is 1. The summed E-state index contributed by atoms with van der Waals surface area (Å²) in [6, 6.07) is 14.7. The highest BCUT2D eigenvalue weighted by atomic mass is 32.2. The number of aryl methyl sites for hydroxylation is 1. The number of nitrogens with one attached hydrogen (secondary N) is 1. The van der Waals surface area contributed by atoms with E-state index in [1.54, 1.807) is 36.1 Å². The monoisotopic (exact) mass is 381 g/mol. The lowest BCUT2D eigenvalue weighted by atomic mass is 10.2. The Hall–Kier alpha value is -2.93. The van der Waals surface area contributed by atoms with Gasteiger partial charge in [0, 0.05) is 21.9 Å². The number of hydrogen-bond donors (Lipinski definition) is 1. The Morgan fingerprint density at radius 1 is 1.15 bits per heavy atom. The maximum atomic E-state index is 12.8. The number of rotatable bonds is 4. The Morgan fingerprint density at radius 3 is 2.59 bits per heavy atom. The molecule has 0 saturated heterocycles. The molecule has 1 unspecified atom stereocenters. The first-order chi connectivity index (χ1) is 13.1. The van der Waals surface area contributed by atoms with E-state index in [0.29, 0.717) is 28.6 Å². The first-order valence-electron chi connectivity index (χ1n) is 8.54. The molecule has 1 aliphatic rings. The summed E-state index contributed by atoms with van der Waals surface area (Å²) in [6.07, 6.45) is 0. The second-order valence-corrected chi connectivity index (χ2v) is 7.84. The second-order valence-electron chi connectivity index (χ2n) is 6.38. The van der Waals surface area contributed by atoms with Gasteiger partial charge in [0.25, 0.3) is 5.91 Å². The Labute approximate surface area is 159 Å². The van der Waals surface area contributed by atoms with Crippen LogP contribution >= 0.6 is 0 Å². The minimum absolute atomic E-state index is 0.243. The van der Waals surface area contributed by atoms with Gasteiger partial charge in [-0.15, -0.1) is 0 Å². The van der Waals surface area contributed by atoms with Crippen molar-refractivity contribution in [2.75, 3.05) is 12.4 Å². The fraction of sp³-hybridized carbons (Fsp3) is 0.200. The van der Waals surface area contributed by atoms with Gasteiger partial charge >= 0.3 is 0 Å². The molecule has 1 amide bonds. The maximum Gasteiger partial charge on any atom is 0.256 e. The van der Waals surface area contributed by atoms with Crippen molar-refractivity contribution in [1.82, 2.24) is 9.78 Å². The van der Waals surface area contributed by atoms with E-state index in [1.165, 1.54) is 0 Å². The van der Waals surface area contributed by atoms with Crippen molar-refractivity contribution in [2.45, 2.75) is 18.4 Å². The molecule has 0 saturated carbocycles. The van der Waals surface area contributed by atoms with E-state index < -0.39 is 10.8 Å². The van der Waals surface area contributed by atoms with Crippen LogP contribution < -0.4 is 10.1 Å². The molecule has 1 N–H and O–H groups in total. The highest BCUT2D eigenvalue weighted by Gasteiger charge is 2.28. The van der Waals surface area contributed by atoms with Crippen LogP contribution in [0.15, 0.2) is 48.5 Å². The van der Waals surface area contributed by atoms with Crippen LogP contribution in [0.1, 0.15) is 27.2 Å². The number of anilines is 1. The van der Waals surface area contributed by atoms with Crippen molar-refractivity contribution >= 4 is 22.5 Å². The zero-order valence-corrected chi connectivity index (χ0v) is 15.9. The summed E-state index contributed by atoms with van der Waals surface area (Å²) in [7, 11) is 0.607. The molecule has 0 aliphatic carbocycles. The quantitative estimate of drug-likeness (QED) is 0.753. The summed E-state index contributed by atoms with van der Waals surface area (Å²) in [5, 5.41) is 7.61. The van der Waals surface area contributed by atoms with Crippen LogP contribution in [-0.4, -0.2) is 27.0 Å². The van der Waals surface area contributed by atoms with E-state index in [1.807, 2.05) is 31.2 Å².